The van der Waals surface area contributed by atoms with E-state index in [0.717, 1.165) is 17.5 Å². The highest BCUT2D eigenvalue weighted by Crippen LogP contribution is 2.39. The molecule has 8 heteroatoms. The Kier molecular flexibility index (Phi) is 4.89. The lowest BCUT2D eigenvalue weighted by molar-refractivity contribution is -0.136. The molecule has 3 rings (SSSR count). The van der Waals surface area contributed by atoms with E-state index in [2.05, 4.69) is 21.7 Å². The van der Waals surface area contributed by atoms with E-state index < -0.39 is 0 Å². The van der Waals surface area contributed by atoms with Gasteiger partial charge in [0.15, 0.2) is 5.16 Å². The van der Waals surface area contributed by atoms with Crippen LogP contribution in [0, 0.1) is 0 Å². The standard InChI is InChI=1S/C15H23N5O2S/c1-3-20-14(12-4-5-12)16-17-15(20)23-10-13(22)19-8-6-18(7-9-19)11(2)21/h12H,3-10H2,1-2H3. The van der Waals surface area contributed by atoms with E-state index in [4.69, 9.17) is 0 Å². The average molecular weight is 337 g/mol. The maximum Gasteiger partial charge on any atom is 0.233 e. The number of aromatic nitrogens is 3. The summed E-state index contributed by atoms with van der Waals surface area (Å²) in [6, 6.07) is 0. The van der Waals surface area contributed by atoms with Gasteiger partial charge < -0.3 is 14.4 Å². The number of thioether (sulfide) groups is 1. The van der Waals surface area contributed by atoms with E-state index in [9.17, 15) is 9.59 Å². The molecule has 0 N–H and O–H groups in total. The van der Waals surface area contributed by atoms with Gasteiger partial charge in [0.25, 0.3) is 0 Å². The second kappa shape index (κ2) is 6.90. The summed E-state index contributed by atoms with van der Waals surface area (Å²) in [4.78, 5) is 27.3. The fraction of sp³-hybridized carbons (Fsp3) is 0.733. The Morgan fingerprint density at radius 2 is 1.78 bits per heavy atom. The minimum Gasteiger partial charge on any atom is -0.339 e. The number of hydrogen-bond acceptors (Lipinski definition) is 5. The number of carbonyl (C=O) groups is 2. The predicted octanol–water partition coefficient (Wildman–Crippen LogP) is 0.958. The summed E-state index contributed by atoms with van der Waals surface area (Å²) in [5, 5.41) is 9.38. The molecule has 1 aromatic rings. The molecule has 1 saturated carbocycles. The van der Waals surface area contributed by atoms with Crippen molar-refractivity contribution in [1.82, 2.24) is 24.6 Å². The maximum absolute atomic E-state index is 12.3. The van der Waals surface area contributed by atoms with Crippen molar-refractivity contribution in [2.24, 2.45) is 0 Å². The Bertz CT molecular complexity index is 591. The predicted molar refractivity (Wildman–Crippen MR) is 87.2 cm³/mol. The first-order chi connectivity index (χ1) is 11.1. The number of piperazine rings is 1. The van der Waals surface area contributed by atoms with E-state index in [1.807, 2.05) is 4.90 Å². The summed E-state index contributed by atoms with van der Waals surface area (Å²) < 4.78 is 2.13. The van der Waals surface area contributed by atoms with Crippen molar-refractivity contribution < 1.29 is 9.59 Å². The quantitative estimate of drug-likeness (QED) is 0.749. The summed E-state index contributed by atoms with van der Waals surface area (Å²) >= 11 is 1.46. The van der Waals surface area contributed by atoms with Crippen molar-refractivity contribution in [3.05, 3.63) is 5.82 Å². The topological polar surface area (TPSA) is 71.3 Å². The van der Waals surface area contributed by atoms with E-state index in [1.165, 1.54) is 24.6 Å². The third-order valence-electron chi connectivity index (χ3n) is 4.41. The normalized spacial score (nSPS) is 18.3. The number of rotatable bonds is 5. The maximum atomic E-state index is 12.3. The minimum absolute atomic E-state index is 0.0788. The SMILES string of the molecule is CCn1c(SCC(=O)N2CCN(C(C)=O)CC2)nnc1C1CC1. The van der Waals surface area contributed by atoms with Gasteiger partial charge in [0.2, 0.25) is 11.8 Å². The minimum atomic E-state index is 0.0788. The second-order valence-electron chi connectivity index (χ2n) is 6.03. The van der Waals surface area contributed by atoms with Gasteiger partial charge in [-0.3, -0.25) is 9.59 Å². The summed E-state index contributed by atoms with van der Waals surface area (Å²) in [7, 11) is 0. The second-order valence-corrected chi connectivity index (χ2v) is 6.98. The fourth-order valence-corrected chi connectivity index (χ4v) is 3.75. The fourth-order valence-electron chi connectivity index (χ4n) is 2.84. The van der Waals surface area contributed by atoms with Crippen LogP contribution in [0.3, 0.4) is 0 Å². The number of amides is 2. The molecule has 1 saturated heterocycles. The van der Waals surface area contributed by atoms with Crippen LogP contribution in [0.15, 0.2) is 5.16 Å². The van der Waals surface area contributed by atoms with Crippen LogP contribution in [0.5, 0.6) is 0 Å². The lowest BCUT2D eigenvalue weighted by atomic mass is 10.3. The molecule has 1 aliphatic carbocycles. The van der Waals surface area contributed by atoms with Gasteiger partial charge in [-0.05, 0) is 19.8 Å². The first-order valence-corrected chi connectivity index (χ1v) is 9.18. The highest BCUT2D eigenvalue weighted by Gasteiger charge is 2.30. The largest absolute Gasteiger partial charge is 0.339 e. The number of carbonyl (C=O) groups excluding carboxylic acids is 2. The van der Waals surface area contributed by atoms with Gasteiger partial charge in [-0.15, -0.1) is 10.2 Å². The van der Waals surface area contributed by atoms with Crippen LogP contribution in [0.4, 0.5) is 0 Å². The molecule has 2 fully saturated rings. The van der Waals surface area contributed by atoms with Gasteiger partial charge in [0.1, 0.15) is 5.82 Å². The van der Waals surface area contributed by atoms with E-state index in [-0.39, 0.29) is 11.8 Å². The summed E-state index contributed by atoms with van der Waals surface area (Å²) in [5.74, 6) is 2.19. The Balaban J connectivity index is 1.52. The number of hydrogen-bond donors (Lipinski definition) is 0. The average Bonchev–Trinajstić information content (AvgIpc) is 3.32. The third kappa shape index (κ3) is 3.68. The van der Waals surface area contributed by atoms with Gasteiger partial charge in [0, 0.05) is 45.6 Å². The van der Waals surface area contributed by atoms with Crippen molar-refractivity contribution in [2.45, 2.75) is 44.3 Å². The van der Waals surface area contributed by atoms with Crippen molar-refractivity contribution >= 4 is 23.6 Å². The zero-order valence-corrected chi connectivity index (χ0v) is 14.5. The molecule has 1 aliphatic heterocycles. The monoisotopic (exact) mass is 337 g/mol. The smallest absolute Gasteiger partial charge is 0.233 e. The molecule has 0 bridgehead atoms. The van der Waals surface area contributed by atoms with Crippen LogP contribution < -0.4 is 0 Å². The van der Waals surface area contributed by atoms with Crippen molar-refractivity contribution in [2.75, 3.05) is 31.9 Å². The van der Waals surface area contributed by atoms with Crippen LogP contribution in [0.25, 0.3) is 0 Å². The van der Waals surface area contributed by atoms with Gasteiger partial charge in [-0.1, -0.05) is 11.8 Å². The molecule has 2 amide bonds. The lowest BCUT2D eigenvalue weighted by Gasteiger charge is -2.34. The van der Waals surface area contributed by atoms with E-state index in [1.54, 1.807) is 11.8 Å². The van der Waals surface area contributed by atoms with Gasteiger partial charge in [-0.25, -0.2) is 0 Å². The molecule has 0 atom stereocenters. The van der Waals surface area contributed by atoms with Crippen LogP contribution in [0.2, 0.25) is 0 Å². The zero-order valence-electron chi connectivity index (χ0n) is 13.7. The lowest BCUT2D eigenvalue weighted by Crippen LogP contribution is -2.50. The van der Waals surface area contributed by atoms with Crippen LogP contribution in [0.1, 0.15) is 38.4 Å². The van der Waals surface area contributed by atoms with Gasteiger partial charge in [0.05, 0.1) is 5.75 Å². The number of nitrogens with zero attached hydrogens (tertiary/aromatic N) is 5. The van der Waals surface area contributed by atoms with Crippen LogP contribution in [-0.2, 0) is 16.1 Å². The first-order valence-electron chi connectivity index (χ1n) is 8.19. The zero-order chi connectivity index (χ0) is 16.4. The van der Waals surface area contributed by atoms with Crippen molar-refractivity contribution in [3.63, 3.8) is 0 Å². The molecule has 0 radical (unpaired) electrons. The van der Waals surface area contributed by atoms with Crippen molar-refractivity contribution in [3.8, 4) is 0 Å². The summed E-state index contributed by atoms with van der Waals surface area (Å²) in [5.41, 5.74) is 0. The van der Waals surface area contributed by atoms with Crippen molar-refractivity contribution in [1.29, 1.82) is 0 Å². The summed E-state index contributed by atoms with van der Waals surface area (Å²) in [6.45, 7) is 6.99. The Hall–Kier alpha value is -1.57. The molecule has 126 valence electrons. The Morgan fingerprint density at radius 1 is 1.13 bits per heavy atom. The molecular weight excluding hydrogens is 314 g/mol. The van der Waals surface area contributed by atoms with E-state index in [0.29, 0.717) is 37.8 Å². The van der Waals surface area contributed by atoms with Crippen LogP contribution >= 0.6 is 11.8 Å². The Labute approximate surface area is 140 Å². The molecule has 1 aromatic heterocycles. The molecule has 0 aromatic carbocycles. The van der Waals surface area contributed by atoms with Gasteiger partial charge >= 0.3 is 0 Å². The highest BCUT2D eigenvalue weighted by molar-refractivity contribution is 7.99. The molecule has 0 unspecified atom stereocenters. The third-order valence-corrected chi connectivity index (χ3v) is 5.36. The van der Waals surface area contributed by atoms with Crippen LogP contribution in [-0.4, -0.2) is 68.3 Å². The van der Waals surface area contributed by atoms with Gasteiger partial charge in [-0.2, -0.15) is 0 Å². The first kappa shape index (κ1) is 16.3. The molecule has 2 aliphatic rings. The molecular formula is C15H23N5O2S. The van der Waals surface area contributed by atoms with E-state index >= 15 is 0 Å². The molecule has 23 heavy (non-hydrogen) atoms. The molecule has 7 nitrogen and oxygen atoms in total. The Morgan fingerprint density at radius 3 is 2.35 bits per heavy atom. The highest BCUT2D eigenvalue weighted by atomic mass is 32.2. The summed E-state index contributed by atoms with van der Waals surface area (Å²) in [6.07, 6.45) is 2.39. The molecule has 2 heterocycles. The molecule has 0 spiro atoms.